The van der Waals surface area contributed by atoms with Crippen molar-refractivity contribution in [1.29, 1.82) is 0 Å². The van der Waals surface area contributed by atoms with E-state index >= 15 is 0 Å². The first-order valence-corrected chi connectivity index (χ1v) is 7.04. The molecule has 0 unspecified atom stereocenters. The fraction of sp³-hybridized carbons (Fsp3) is 0.222. The summed E-state index contributed by atoms with van der Waals surface area (Å²) in [4.78, 5) is 24.2. The molecular formula is C18H16O4. The van der Waals surface area contributed by atoms with E-state index < -0.39 is 17.7 Å². The summed E-state index contributed by atoms with van der Waals surface area (Å²) in [5.74, 6) is -2.51. The highest BCUT2D eigenvalue weighted by Gasteiger charge is 2.40. The number of hydrogen-bond acceptors (Lipinski definition) is 4. The summed E-state index contributed by atoms with van der Waals surface area (Å²) in [5, 5.41) is 2.14. The standard InChI is InChI=1S/C18H16O4/c1-11(15-16(19)21-18(2,3)22-17(15)20)13-9-8-12-6-4-5-7-14(12)10-13/h4-10H,1-3H3. The Labute approximate surface area is 128 Å². The van der Waals surface area contributed by atoms with Crippen LogP contribution in [0.3, 0.4) is 0 Å². The molecule has 3 rings (SSSR count). The van der Waals surface area contributed by atoms with Crippen molar-refractivity contribution in [1.82, 2.24) is 0 Å². The van der Waals surface area contributed by atoms with Crippen molar-refractivity contribution < 1.29 is 19.1 Å². The molecule has 4 nitrogen and oxygen atoms in total. The number of hydrogen-bond donors (Lipinski definition) is 0. The smallest absolute Gasteiger partial charge is 0.349 e. The lowest BCUT2D eigenvalue weighted by Crippen LogP contribution is -2.42. The van der Waals surface area contributed by atoms with Gasteiger partial charge in [-0.25, -0.2) is 9.59 Å². The van der Waals surface area contributed by atoms with E-state index in [2.05, 4.69) is 0 Å². The van der Waals surface area contributed by atoms with Gasteiger partial charge in [-0.2, -0.15) is 0 Å². The second-order valence-electron chi connectivity index (χ2n) is 5.74. The first-order chi connectivity index (χ1) is 10.4. The maximum Gasteiger partial charge on any atom is 0.349 e. The molecule has 1 aliphatic rings. The molecule has 1 fully saturated rings. The summed E-state index contributed by atoms with van der Waals surface area (Å²) >= 11 is 0. The molecule has 0 amide bonds. The Bertz CT molecular complexity index is 793. The predicted octanol–water partition coefficient (Wildman–Crippen LogP) is 3.45. The van der Waals surface area contributed by atoms with Crippen LogP contribution in [0.25, 0.3) is 16.3 Å². The van der Waals surface area contributed by atoms with E-state index in [1.807, 2.05) is 42.5 Å². The average Bonchev–Trinajstić information content (AvgIpc) is 2.44. The van der Waals surface area contributed by atoms with Crippen molar-refractivity contribution in [3.05, 3.63) is 53.6 Å². The predicted molar refractivity (Wildman–Crippen MR) is 82.8 cm³/mol. The van der Waals surface area contributed by atoms with Gasteiger partial charge in [0.05, 0.1) is 0 Å². The minimum absolute atomic E-state index is 0.0467. The monoisotopic (exact) mass is 296 g/mol. The molecular weight excluding hydrogens is 280 g/mol. The number of ether oxygens (including phenoxy) is 2. The fourth-order valence-corrected chi connectivity index (χ4v) is 2.53. The van der Waals surface area contributed by atoms with E-state index in [1.165, 1.54) is 13.8 Å². The molecule has 2 aromatic rings. The molecule has 0 N–H and O–H groups in total. The molecule has 0 spiro atoms. The van der Waals surface area contributed by atoms with Crippen LogP contribution in [-0.2, 0) is 19.1 Å². The number of fused-ring (bicyclic) bond motifs is 1. The quantitative estimate of drug-likeness (QED) is 0.459. The summed E-state index contributed by atoms with van der Waals surface area (Å²) in [6.07, 6.45) is 0. The Morgan fingerprint density at radius 3 is 2.14 bits per heavy atom. The SMILES string of the molecule is CC(=C1C(=O)OC(C)(C)OC1=O)c1ccc2ccccc2c1. The maximum atomic E-state index is 12.1. The Morgan fingerprint density at radius 2 is 1.50 bits per heavy atom. The molecule has 0 saturated carbocycles. The van der Waals surface area contributed by atoms with Crippen LogP contribution in [0.1, 0.15) is 26.3 Å². The van der Waals surface area contributed by atoms with Crippen LogP contribution >= 0.6 is 0 Å². The lowest BCUT2D eigenvalue weighted by Gasteiger charge is -2.30. The Hall–Kier alpha value is -2.62. The fourth-order valence-electron chi connectivity index (χ4n) is 2.53. The van der Waals surface area contributed by atoms with Crippen LogP contribution in [0.2, 0.25) is 0 Å². The lowest BCUT2D eigenvalue weighted by atomic mass is 9.98. The Kier molecular flexibility index (Phi) is 3.24. The van der Waals surface area contributed by atoms with E-state index in [0.29, 0.717) is 5.57 Å². The molecule has 22 heavy (non-hydrogen) atoms. The molecule has 0 aliphatic carbocycles. The van der Waals surface area contributed by atoms with E-state index in [4.69, 9.17) is 9.47 Å². The number of allylic oxidation sites excluding steroid dienone is 1. The van der Waals surface area contributed by atoms with Gasteiger partial charge < -0.3 is 9.47 Å². The molecule has 4 heteroatoms. The molecule has 112 valence electrons. The topological polar surface area (TPSA) is 52.6 Å². The molecule has 0 atom stereocenters. The van der Waals surface area contributed by atoms with Gasteiger partial charge in [0.25, 0.3) is 5.79 Å². The molecule has 1 heterocycles. The number of benzene rings is 2. The largest absolute Gasteiger partial charge is 0.419 e. The van der Waals surface area contributed by atoms with Crippen molar-refractivity contribution in [2.24, 2.45) is 0 Å². The van der Waals surface area contributed by atoms with Crippen molar-refractivity contribution in [3.63, 3.8) is 0 Å². The minimum atomic E-state index is -1.22. The van der Waals surface area contributed by atoms with Crippen LogP contribution in [0, 0.1) is 0 Å². The molecule has 0 aromatic heterocycles. The van der Waals surface area contributed by atoms with Crippen LogP contribution in [0.5, 0.6) is 0 Å². The molecule has 2 aromatic carbocycles. The highest BCUT2D eigenvalue weighted by Crippen LogP contribution is 2.29. The molecule has 0 bridgehead atoms. The first-order valence-electron chi connectivity index (χ1n) is 7.04. The van der Waals surface area contributed by atoms with Crippen LogP contribution < -0.4 is 0 Å². The molecule has 1 saturated heterocycles. The summed E-state index contributed by atoms with van der Waals surface area (Å²) in [6, 6.07) is 13.7. The average molecular weight is 296 g/mol. The summed E-state index contributed by atoms with van der Waals surface area (Å²) in [5.41, 5.74) is 1.30. The summed E-state index contributed by atoms with van der Waals surface area (Å²) < 4.78 is 10.3. The normalized spacial score (nSPS) is 17.1. The Balaban J connectivity index is 2.09. The third-order valence-electron chi connectivity index (χ3n) is 3.64. The van der Waals surface area contributed by atoms with Gasteiger partial charge >= 0.3 is 11.9 Å². The van der Waals surface area contributed by atoms with Crippen LogP contribution in [0.15, 0.2) is 48.0 Å². The van der Waals surface area contributed by atoms with E-state index in [-0.39, 0.29) is 5.57 Å². The van der Waals surface area contributed by atoms with Gasteiger partial charge in [-0.1, -0.05) is 36.4 Å². The van der Waals surface area contributed by atoms with Gasteiger partial charge in [0, 0.05) is 13.8 Å². The number of carbonyl (C=O) groups excluding carboxylic acids is 2. The second-order valence-corrected chi connectivity index (χ2v) is 5.74. The molecule has 0 radical (unpaired) electrons. The lowest BCUT2D eigenvalue weighted by molar-refractivity contribution is -0.222. The molecule has 1 aliphatic heterocycles. The van der Waals surface area contributed by atoms with E-state index in [1.54, 1.807) is 6.92 Å². The van der Waals surface area contributed by atoms with E-state index in [9.17, 15) is 9.59 Å². The summed E-state index contributed by atoms with van der Waals surface area (Å²) in [6.45, 7) is 4.79. The summed E-state index contributed by atoms with van der Waals surface area (Å²) in [7, 11) is 0. The van der Waals surface area contributed by atoms with Crippen molar-refractivity contribution >= 4 is 28.3 Å². The van der Waals surface area contributed by atoms with Crippen molar-refractivity contribution in [2.75, 3.05) is 0 Å². The van der Waals surface area contributed by atoms with Crippen LogP contribution in [0.4, 0.5) is 0 Å². The highest BCUT2D eigenvalue weighted by molar-refractivity contribution is 6.21. The van der Waals surface area contributed by atoms with Gasteiger partial charge in [-0.15, -0.1) is 0 Å². The van der Waals surface area contributed by atoms with Gasteiger partial charge in [0.15, 0.2) is 0 Å². The number of rotatable bonds is 1. The van der Waals surface area contributed by atoms with Crippen molar-refractivity contribution in [2.45, 2.75) is 26.6 Å². The van der Waals surface area contributed by atoms with E-state index in [0.717, 1.165) is 16.3 Å². The zero-order chi connectivity index (χ0) is 15.9. The van der Waals surface area contributed by atoms with Crippen molar-refractivity contribution in [3.8, 4) is 0 Å². The number of carbonyl (C=O) groups is 2. The van der Waals surface area contributed by atoms with Gasteiger partial charge in [0.2, 0.25) is 0 Å². The highest BCUT2D eigenvalue weighted by atomic mass is 16.7. The second kappa shape index (κ2) is 4.98. The van der Waals surface area contributed by atoms with Gasteiger partial charge in [-0.3, -0.25) is 0 Å². The first kappa shape index (κ1) is 14.3. The zero-order valence-electron chi connectivity index (χ0n) is 12.7. The zero-order valence-corrected chi connectivity index (χ0v) is 12.7. The third-order valence-corrected chi connectivity index (χ3v) is 3.64. The number of cyclic esters (lactones) is 2. The number of esters is 2. The third kappa shape index (κ3) is 2.48. The maximum absolute atomic E-state index is 12.1. The van der Waals surface area contributed by atoms with Gasteiger partial charge in [-0.05, 0) is 34.9 Å². The Morgan fingerprint density at radius 1 is 0.909 bits per heavy atom. The van der Waals surface area contributed by atoms with Crippen LogP contribution in [-0.4, -0.2) is 17.7 Å². The van der Waals surface area contributed by atoms with Gasteiger partial charge in [0.1, 0.15) is 5.57 Å². The minimum Gasteiger partial charge on any atom is -0.419 e.